The first-order valence-corrected chi connectivity index (χ1v) is 10.3. The Kier molecular flexibility index (Phi) is 5.78. The van der Waals surface area contributed by atoms with Crippen molar-refractivity contribution in [2.24, 2.45) is 0 Å². The molecule has 30 heavy (non-hydrogen) atoms. The fraction of sp³-hybridized carbons (Fsp3) is 0.300. The summed E-state index contributed by atoms with van der Waals surface area (Å²) in [6.45, 7) is 2.27. The molecule has 8 nitrogen and oxygen atoms in total. The minimum absolute atomic E-state index is 0.0923. The summed E-state index contributed by atoms with van der Waals surface area (Å²) in [5.74, 6) is 0.179. The second kappa shape index (κ2) is 8.49. The van der Waals surface area contributed by atoms with Crippen LogP contribution >= 0.6 is 23.2 Å². The summed E-state index contributed by atoms with van der Waals surface area (Å²) < 4.78 is 0. The summed E-state index contributed by atoms with van der Waals surface area (Å²) >= 11 is 12.1. The molecule has 0 radical (unpaired) electrons. The van der Waals surface area contributed by atoms with Crippen LogP contribution < -0.4 is 15.3 Å². The lowest BCUT2D eigenvalue weighted by Crippen LogP contribution is -2.50. The molecule has 0 aliphatic carbocycles. The SMILES string of the molecule is O=C1CCC(=O)N(c2ccc(C(=O)N3CCN(c4ncc(Cl)cc4Cl)CC3)cc2)N1. The number of carbonyl (C=O) groups is 3. The van der Waals surface area contributed by atoms with Crippen molar-refractivity contribution in [1.29, 1.82) is 0 Å². The van der Waals surface area contributed by atoms with Crippen LogP contribution in [0.4, 0.5) is 11.5 Å². The topological polar surface area (TPSA) is 85.9 Å². The zero-order chi connectivity index (χ0) is 21.3. The van der Waals surface area contributed by atoms with Gasteiger partial charge >= 0.3 is 0 Å². The Morgan fingerprint density at radius 2 is 1.70 bits per heavy atom. The number of nitrogens with one attached hydrogen (secondary N) is 1. The van der Waals surface area contributed by atoms with Gasteiger partial charge in [0.15, 0.2) is 0 Å². The predicted molar refractivity (Wildman–Crippen MR) is 114 cm³/mol. The van der Waals surface area contributed by atoms with E-state index in [0.717, 1.165) is 0 Å². The summed E-state index contributed by atoms with van der Waals surface area (Å²) in [6, 6.07) is 8.29. The van der Waals surface area contributed by atoms with Crippen LogP contribution in [0, 0.1) is 0 Å². The molecule has 1 aromatic carbocycles. The molecule has 2 saturated heterocycles. The largest absolute Gasteiger partial charge is 0.352 e. The second-order valence-electron chi connectivity index (χ2n) is 7.05. The second-order valence-corrected chi connectivity index (χ2v) is 7.89. The first-order chi connectivity index (χ1) is 14.4. The van der Waals surface area contributed by atoms with Gasteiger partial charge in [0.2, 0.25) is 11.8 Å². The molecule has 0 atom stereocenters. The first kappa shape index (κ1) is 20.4. The third-order valence-corrected chi connectivity index (χ3v) is 5.56. The molecule has 0 spiro atoms. The number of benzene rings is 1. The highest BCUT2D eigenvalue weighted by molar-refractivity contribution is 6.36. The average molecular weight is 448 g/mol. The number of pyridine rings is 1. The molecule has 10 heteroatoms. The van der Waals surface area contributed by atoms with Gasteiger partial charge in [0.05, 0.1) is 15.7 Å². The summed E-state index contributed by atoms with van der Waals surface area (Å²) in [6.07, 6.45) is 1.91. The zero-order valence-electron chi connectivity index (χ0n) is 16.0. The molecule has 1 aromatic heterocycles. The molecule has 3 amide bonds. The van der Waals surface area contributed by atoms with Crippen molar-refractivity contribution in [3.63, 3.8) is 0 Å². The van der Waals surface area contributed by atoms with E-state index in [1.807, 2.05) is 4.90 Å². The molecule has 0 saturated carbocycles. The highest BCUT2D eigenvalue weighted by Crippen LogP contribution is 2.27. The molecule has 2 aliphatic rings. The van der Waals surface area contributed by atoms with E-state index in [9.17, 15) is 14.4 Å². The number of anilines is 2. The smallest absolute Gasteiger partial charge is 0.253 e. The Labute approximate surface area is 183 Å². The van der Waals surface area contributed by atoms with Crippen LogP contribution in [0.5, 0.6) is 0 Å². The fourth-order valence-electron chi connectivity index (χ4n) is 3.48. The molecule has 2 aromatic rings. The molecule has 2 aliphatic heterocycles. The highest BCUT2D eigenvalue weighted by Gasteiger charge is 2.26. The van der Waals surface area contributed by atoms with Crippen LogP contribution in [0.3, 0.4) is 0 Å². The van der Waals surface area contributed by atoms with Crippen LogP contribution in [0.1, 0.15) is 23.2 Å². The van der Waals surface area contributed by atoms with Gasteiger partial charge in [-0.2, -0.15) is 0 Å². The molecule has 4 rings (SSSR count). The van der Waals surface area contributed by atoms with Crippen LogP contribution in [-0.4, -0.2) is 53.8 Å². The molecule has 2 fully saturated rings. The lowest BCUT2D eigenvalue weighted by atomic mass is 10.1. The molecular weight excluding hydrogens is 429 g/mol. The van der Waals surface area contributed by atoms with E-state index in [2.05, 4.69) is 10.4 Å². The van der Waals surface area contributed by atoms with Gasteiger partial charge in [-0.3, -0.25) is 19.8 Å². The first-order valence-electron chi connectivity index (χ1n) is 9.50. The summed E-state index contributed by atoms with van der Waals surface area (Å²) in [5.41, 5.74) is 3.59. The number of halogens is 2. The zero-order valence-corrected chi connectivity index (χ0v) is 17.5. The van der Waals surface area contributed by atoms with Crippen molar-refractivity contribution in [2.45, 2.75) is 12.8 Å². The Balaban J connectivity index is 1.39. The number of nitrogens with zero attached hydrogens (tertiary/aromatic N) is 4. The van der Waals surface area contributed by atoms with Gasteiger partial charge < -0.3 is 9.80 Å². The number of amides is 3. The van der Waals surface area contributed by atoms with E-state index >= 15 is 0 Å². The van der Waals surface area contributed by atoms with E-state index in [0.29, 0.717) is 53.3 Å². The van der Waals surface area contributed by atoms with Gasteiger partial charge in [-0.25, -0.2) is 9.99 Å². The Bertz CT molecular complexity index is 990. The molecule has 3 heterocycles. The summed E-state index contributed by atoms with van der Waals surface area (Å²) in [4.78, 5) is 44.5. The van der Waals surface area contributed by atoms with E-state index in [1.165, 1.54) is 5.01 Å². The third kappa shape index (κ3) is 4.20. The van der Waals surface area contributed by atoms with Crippen LogP contribution in [0.2, 0.25) is 10.0 Å². The number of hydrogen-bond donors (Lipinski definition) is 1. The quantitative estimate of drug-likeness (QED) is 0.780. The highest BCUT2D eigenvalue weighted by atomic mass is 35.5. The minimum Gasteiger partial charge on any atom is -0.352 e. The van der Waals surface area contributed by atoms with Crippen LogP contribution in [0.25, 0.3) is 0 Å². The number of hydrogen-bond acceptors (Lipinski definition) is 5. The number of rotatable bonds is 3. The maximum atomic E-state index is 12.9. The maximum absolute atomic E-state index is 12.9. The molecule has 0 bridgehead atoms. The average Bonchev–Trinajstić information content (AvgIpc) is 2.75. The van der Waals surface area contributed by atoms with Crippen molar-refractivity contribution >= 4 is 52.4 Å². The van der Waals surface area contributed by atoms with Gasteiger partial charge in [0.25, 0.3) is 5.91 Å². The van der Waals surface area contributed by atoms with E-state index in [-0.39, 0.29) is 30.6 Å². The number of aromatic nitrogens is 1. The van der Waals surface area contributed by atoms with Crippen molar-refractivity contribution in [1.82, 2.24) is 15.3 Å². The van der Waals surface area contributed by atoms with E-state index in [1.54, 1.807) is 41.4 Å². The van der Waals surface area contributed by atoms with E-state index < -0.39 is 0 Å². The van der Waals surface area contributed by atoms with Gasteiger partial charge in [-0.15, -0.1) is 0 Å². The molecule has 0 unspecified atom stereocenters. The number of piperazine rings is 1. The fourth-order valence-corrected chi connectivity index (χ4v) is 3.98. The lowest BCUT2D eigenvalue weighted by molar-refractivity contribution is -0.130. The van der Waals surface area contributed by atoms with Gasteiger partial charge in [0, 0.05) is 50.8 Å². The minimum atomic E-state index is -0.206. The van der Waals surface area contributed by atoms with Crippen molar-refractivity contribution in [3.05, 3.63) is 52.1 Å². The lowest BCUT2D eigenvalue weighted by Gasteiger charge is -2.35. The van der Waals surface area contributed by atoms with E-state index in [4.69, 9.17) is 23.2 Å². The Morgan fingerprint density at radius 3 is 2.37 bits per heavy atom. The van der Waals surface area contributed by atoms with Crippen LogP contribution in [0.15, 0.2) is 36.5 Å². The predicted octanol–water partition coefficient (Wildman–Crippen LogP) is 2.51. The maximum Gasteiger partial charge on any atom is 0.253 e. The van der Waals surface area contributed by atoms with Gasteiger partial charge in [0.1, 0.15) is 5.82 Å². The standard InChI is InChI=1S/C20H19Cl2N5O3/c21-14-11-16(22)19(23-12-14)25-7-9-26(10-8-25)20(30)13-1-3-15(4-2-13)27-18(29)6-5-17(28)24-27/h1-4,11-12H,5-10H2,(H,24,28). The summed E-state index contributed by atoms with van der Waals surface area (Å²) in [5, 5.41) is 2.19. The monoisotopic (exact) mass is 447 g/mol. The molecule has 1 N–H and O–H groups in total. The van der Waals surface area contributed by atoms with Crippen molar-refractivity contribution in [3.8, 4) is 0 Å². The van der Waals surface area contributed by atoms with Gasteiger partial charge in [-0.1, -0.05) is 23.2 Å². The third-order valence-electron chi connectivity index (χ3n) is 5.08. The van der Waals surface area contributed by atoms with Crippen molar-refractivity contribution in [2.75, 3.05) is 36.1 Å². The summed E-state index contributed by atoms with van der Waals surface area (Å²) in [7, 11) is 0. The van der Waals surface area contributed by atoms with Gasteiger partial charge in [-0.05, 0) is 30.3 Å². The molecular formula is C20H19Cl2N5O3. The Morgan fingerprint density at radius 1 is 1.00 bits per heavy atom. The molecule has 156 valence electrons. The number of carbonyl (C=O) groups excluding carboxylic acids is 3. The van der Waals surface area contributed by atoms with Crippen LogP contribution in [-0.2, 0) is 9.59 Å². The van der Waals surface area contributed by atoms with Crippen molar-refractivity contribution < 1.29 is 14.4 Å². The Hall–Kier alpha value is -2.84. The number of hydrazine groups is 1. The normalized spacial score (nSPS) is 17.2.